The van der Waals surface area contributed by atoms with Crippen molar-refractivity contribution in [2.45, 2.75) is 33.7 Å². The van der Waals surface area contributed by atoms with Crippen LogP contribution in [0.1, 0.15) is 30.2 Å². The molecule has 0 aliphatic carbocycles. The minimum absolute atomic E-state index is 0.0367. The second-order valence-electron chi connectivity index (χ2n) is 5.75. The van der Waals surface area contributed by atoms with Gasteiger partial charge in [-0.25, -0.2) is 0 Å². The smallest absolute Gasteiger partial charge is 0.248 e. The third kappa shape index (κ3) is 4.42. The second-order valence-corrected chi connectivity index (χ2v) is 5.75. The van der Waals surface area contributed by atoms with Crippen molar-refractivity contribution in [3.8, 4) is 11.3 Å². The maximum atomic E-state index is 12.0. The molecule has 1 heterocycles. The Morgan fingerprint density at radius 2 is 2.09 bits per heavy atom. The first-order valence-electron chi connectivity index (χ1n) is 7.85. The zero-order valence-corrected chi connectivity index (χ0v) is 14.3. The number of aryl methyl sites for hydroxylation is 2. The van der Waals surface area contributed by atoms with Crippen molar-refractivity contribution in [1.29, 1.82) is 0 Å². The van der Waals surface area contributed by atoms with Crippen molar-refractivity contribution < 1.29 is 14.1 Å². The zero-order chi connectivity index (χ0) is 16.8. The van der Waals surface area contributed by atoms with E-state index in [2.05, 4.69) is 31.1 Å². The van der Waals surface area contributed by atoms with Crippen molar-refractivity contribution >= 4 is 5.91 Å². The molecular formula is C18H24N2O3. The predicted octanol–water partition coefficient (Wildman–Crippen LogP) is 3.34. The minimum atomic E-state index is -0.0367. The SMILES string of the molecule is CCCN(Cc1cc(-c2ccc(C)cc2C)on1)C(=O)COC. The van der Waals surface area contributed by atoms with Crippen LogP contribution in [-0.2, 0) is 16.1 Å². The van der Waals surface area contributed by atoms with Gasteiger partial charge in [0.25, 0.3) is 0 Å². The van der Waals surface area contributed by atoms with E-state index in [0.717, 1.165) is 29.0 Å². The number of rotatable bonds is 7. The quantitative estimate of drug-likeness (QED) is 0.786. The maximum Gasteiger partial charge on any atom is 0.248 e. The monoisotopic (exact) mass is 316 g/mol. The van der Waals surface area contributed by atoms with Crippen molar-refractivity contribution in [3.63, 3.8) is 0 Å². The van der Waals surface area contributed by atoms with Gasteiger partial charge in [0.1, 0.15) is 12.3 Å². The minimum Gasteiger partial charge on any atom is -0.375 e. The molecule has 0 atom stereocenters. The molecule has 5 nitrogen and oxygen atoms in total. The van der Waals surface area contributed by atoms with Crippen LogP contribution in [0, 0.1) is 13.8 Å². The Morgan fingerprint density at radius 1 is 1.30 bits per heavy atom. The number of benzene rings is 1. The molecule has 0 saturated heterocycles. The van der Waals surface area contributed by atoms with Gasteiger partial charge in [-0.05, 0) is 25.8 Å². The molecule has 2 aromatic rings. The summed E-state index contributed by atoms with van der Waals surface area (Å²) in [6.45, 7) is 7.35. The lowest BCUT2D eigenvalue weighted by atomic mass is 10.0. The molecule has 0 radical (unpaired) electrons. The van der Waals surface area contributed by atoms with Gasteiger partial charge in [-0.2, -0.15) is 0 Å². The Balaban J connectivity index is 2.15. The number of methoxy groups -OCH3 is 1. The van der Waals surface area contributed by atoms with Crippen molar-refractivity contribution in [3.05, 3.63) is 41.1 Å². The lowest BCUT2D eigenvalue weighted by Crippen LogP contribution is -2.34. The van der Waals surface area contributed by atoms with E-state index in [1.54, 1.807) is 4.90 Å². The molecule has 1 aromatic carbocycles. The molecular weight excluding hydrogens is 292 g/mol. The largest absolute Gasteiger partial charge is 0.375 e. The van der Waals surface area contributed by atoms with Gasteiger partial charge >= 0.3 is 0 Å². The maximum absolute atomic E-state index is 12.0. The van der Waals surface area contributed by atoms with Crippen LogP contribution < -0.4 is 0 Å². The molecule has 0 saturated carbocycles. The number of hydrogen-bond acceptors (Lipinski definition) is 4. The van der Waals surface area contributed by atoms with Gasteiger partial charge in [0.2, 0.25) is 5.91 Å². The van der Waals surface area contributed by atoms with Gasteiger partial charge in [0.05, 0.1) is 6.54 Å². The fourth-order valence-corrected chi connectivity index (χ4v) is 2.58. The van der Waals surface area contributed by atoms with Crippen LogP contribution in [-0.4, -0.2) is 36.2 Å². The van der Waals surface area contributed by atoms with Crippen molar-refractivity contribution in [2.75, 3.05) is 20.3 Å². The van der Waals surface area contributed by atoms with Gasteiger partial charge < -0.3 is 14.2 Å². The van der Waals surface area contributed by atoms with E-state index in [9.17, 15) is 4.79 Å². The number of carbonyl (C=O) groups is 1. The van der Waals surface area contributed by atoms with Crippen LogP contribution in [0.25, 0.3) is 11.3 Å². The van der Waals surface area contributed by atoms with E-state index in [1.807, 2.05) is 19.1 Å². The Kier molecular flexibility index (Phi) is 5.93. The van der Waals surface area contributed by atoms with E-state index in [4.69, 9.17) is 9.26 Å². The highest BCUT2D eigenvalue weighted by molar-refractivity contribution is 5.77. The molecule has 124 valence electrons. The fraction of sp³-hybridized carbons (Fsp3) is 0.444. The number of carbonyl (C=O) groups excluding carboxylic acids is 1. The summed E-state index contributed by atoms with van der Waals surface area (Å²) in [6.07, 6.45) is 0.886. The predicted molar refractivity (Wildman–Crippen MR) is 89.0 cm³/mol. The number of hydrogen-bond donors (Lipinski definition) is 0. The molecule has 1 amide bonds. The molecule has 0 spiro atoms. The highest BCUT2D eigenvalue weighted by Crippen LogP contribution is 2.25. The van der Waals surface area contributed by atoms with Gasteiger partial charge in [-0.1, -0.05) is 35.8 Å². The third-order valence-electron chi connectivity index (χ3n) is 3.67. The van der Waals surface area contributed by atoms with Gasteiger partial charge in [0.15, 0.2) is 5.76 Å². The molecule has 0 aliphatic rings. The van der Waals surface area contributed by atoms with Gasteiger partial charge in [-0.15, -0.1) is 0 Å². The number of amides is 1. The molecule has 0 bridgehead atoms. The van der Waals surface area contributed by atoms with Crippen LogP contribution in [0.5, 0.6) is 0 Å². The molecule has 23 heavy (non-hydrogen) atoms. The van der Waals surface area contributed by atoms with Crippen LogP contribution in [0.3, 0.4) is 0 Å². The lowest BCUT2D eigenvalue weighted by molar-refractivity contribution is -0.135. The molecule has 0 fully saturated rings. The standard InChI is InChI=1S/C18H24N2O3/c1-5-8-20(18(21)12-22-4)11-15-10-17(23-19-15)16-7-6-13(2)9-14(16)3/h6-7,9-10H,5,8,11-12H2,1-4H3. The van der Waals surface area contributed by atoms with Crippen LogP contribution >= 0.6 is 0 Å². The first kappa shape index (κ1) is 17.2. The third-order valence-corrected chi connectivity index (χ3v) is 3.67. The summed E-state index contributed by atoms with van der Waals surface area (Å²) in [5.41, 5.74) is 4.14. The average Bonchev–Trinajstić information content (AvgIpc) is 2.95. The Labute approximate surface area is 137 Å². The van der Waals surface area contributed by atoms with Gasteiger partial charge in [0, 0.05) is 25.3 Å². The zero-order valence-electron chi connectivity index (χ0n) is 14.3. The molecule has 5 heteroatoms. The summed E-state index contributed by atoms with van der Waals surface area (Å²) in [7, 11) is 1.52. The first-order chi connectivity index (χ1) is 11.0. The molecule has 0 aliphatic heterocycles. The van der Waals surface area contributed by atoms with Crippen LogP contribution in [0.2, 0.25) is 0 Å². The molecule has 1 aromatic heterocycles. The van der Waals surface area contributed by atoms with Crippen molar-refractivity contribution in [1.82, 2.24) is 10.1 Å². The van der Waals surface area contributed by atoms with Gasteiger partial charge in [-0.3, -0.25) is 4.79 Å². The molecule has 2 rings (SSSR count). The summed E-state index contributed by atoms with van der Waals surface area (Å²) in [5, 5.41) is 4.11. The van der Waals surface area contributed by atoms with E-state index >= 15 is 0 Å². The number of nitrogens with zero attached hydrogens (tertiary/aromatic N) is 2. The second kappa shape index (κ2) is 7.92. The summed E-state index contributed by atoms with van der Waals surface area (Å²) in [5.74, 6) is 0.693. The summed E-state index contributed by atoms with van der Waals surface area (Å²) in [6, 6.07) is 8.11. The normalized spacial score (nSPS) is 10.8. The van der Waals surface area contributed by atoms with E-state index < -0.39 is 0 Å². The number of ether oxygens (including phenoxy) is 1. The molecule has 0 N–H and O–H groups in total. The number of aromatic nitrogens is 1. The highest BCUT2D eigenvalue weighted by atomic mass is 16.5. The van der Waals surface area contributed by atoms with E-state index in [-0.39, 0.29) is 12.5 Å². The Hall–Kier alpha value is -2.14. The lowest BCUT2D eigenvalue weighted by Gasteiger charge is -2.20. The van der Waals surface area contributed by atoms with E-state index in [1.165, 1.54) is 12.7 Å². The topological polar surface area (TPSA) is 55.6 Å². The van der Waals surface area contributed by atoms with Crippen LogP contribution in [0.15, 0.2) is 28.8 Å². The molecule has 0 unspecified atom stereocenters. The fourth-order valence-electron chi connectivity index (χ4n) is 2.58. The van der Waals surface area contributed by atoms with E-state index in [0.29, 0.717) is 13.1 Å². The Bertz CT molecular complexity index is 664. The van der Waals surface area contributed by atoms with Crippen LogP contribution in [0.4, 0.5) is 0 Å². The van der Waals surface area contributed by atoms with Crippen molar-refractivity contribution in [2.24, 2.45) is 0 Å². The summed E-state index contributed by atoms with van der Waals surface area (Å²) >= 11 is 0. The summed E-state index contributed by atoms with van der Waals surface area (Å²) < 4.78 is 10.4. The average molecular weight is 316 g/mol. The highest BCUT2D eigenvalue weighted by Gasteiger charge is 2.16. The summed E-state index contributed by atoms with van der Waals surface area (Å²) in [4.78, 5) is 13.8. The Morgan fingerprint density at radius 3 is 2.74 bits per heavy atom. The first-order valence-corrected chi connectivity index (χ1v) is 7.85.